The van der Waals surface area contributed by atoms with Crippen LogP contribution in [0.3, 0.4) is 0 Å². The maximum absolute atomic E-state index is 4.70. The van der Waals surface area contributed by atoms with E-state index in [1.54, 1.807) is 0 Å². The second kappa shape index (κ2) is 10.2. The van der Waals surface area contributed by atoms with Crippen LogP contribution in [0.1, 0.15) is 36.8 Å². The number of nitrogens with one attached hydrogen (secondary N) is 2. The minimum Gasteiger partial charge on any atom is -0.357 e. The van der Waals surface area contributed by atoms with Gasteiger partial charge in [0.25, 0.3) is 0 Å². The monoisotopic (exact) mass is 478 g/mol. The van der Waals surface area contributed by atoms with Crippen LogP contribution in [-0.2, 0) is 6.42 Å². The summed E-state index contributed by atoms with van der Waals surface area (Å²) in [5.74, 6) is 1.74. The zero-order valence-electron chi connectivity index (χ0n) is 16.0. The van der Waals surface area contributed by atoms with Crippen LogP contribution < -0.4 is 10.6 Å². The molecule has 0 bridgehead atoms. The predicted octanol–water partition coefficient (Wildman–Crippen LogP) is 3.51. The molecule has 6 nitrogen and oxygen atoms in total. The molecule has 0 radical (unpaired) electrons. The first kappa shape index (κ1) is 21.1. The molecular formula is C20H27IN6. The molecule has 1 aromatic carbocycles. The lowest BCUT2D eigenvalue weighted by Gasteiger charge is -2.19. The average Bonchev–Trinajstić information content (AvgIpc) is 3.05. The van der Waals surface area contributed by atoms with Gasteiger partial charge in [-0.3, -0.25) is 9.39 Å². The van der Waals surface area contributed by atoms with Crippen LogP contribution >= 0.6 is 24.0 Å². The van der Waals surface area contributed by atoms with E-state index in [0.717, 1.165) is 30.4 Å². The Balaban J connectivity index is 0.00000261. The Bertz CT molecular complexity index is 889. The summed E-state index contributed by atoms with van der Waals surface area (Å²) in [7, 11) is 0. The first-order valence-electron chi connectivity index (χ1n) is 9.08. The van der Waals surface area contributed by atoms with Gasteiger partial charge in [0.2, 0.25) is 0 Å². The lowest BCUT2D eigenvalue weighted by Crippen LogP contribution is -2.39. The van der Waals surface area contributed by atoms with Crippen LogP contribution in [0, 0.1) is 6.92 Å². The number of pyridine rings is 1. The molecule has 0 amide bonds. The third-order valence-corrected chi connectivity index (χ3v) is 4.34. The topological polar surface area (TPSA) is 66.6 Å². The van der Waals surface area contributed by atoms with Gasteiger partial charge in [-0.25, -0.2) is 0 Å². The molecule has 2 N–H and O–H groups in total. The number of aromatic nitrogens is 3. The largest absolute Gasteiger partial charge is 0.357 e. The van der Waals surface area contributed by atoms with Crippen molar-refractivity contribution in [3.63, 3.8) is 0 Å². The SMILES string of the molecule is CCNC(=NCCc1nnc2ccccn12)NC(C)c1ccccc1C.I. The van der Waals surface area contributed by atoms with Gasteiger partial charge in [0.1, 0.15) is 5.82 Å². The molecule has 2 heterocycles. The average molecular weight is 478 g/mol. The summed E-state index contributed by atoms with van der Waals surface area (Å²) in [5, 5.41) is 15.2. The number of aryl methyl sites for hydroxylation is 1. The van der Waals surface area contributed by atoms with Crippen molar-refractivity contribution >= 4 is 35.6 Å². The number of guanidine groups is 1. The normalized spacial score (nSPS) is 12.5. The highest BCUT2D eigenvalue weighted by Gasteiger charge is 2.10. The summed E-state index contributed by atoms with van der Waals surface area (Å²) < 4.78 is 2.01. The highest BCUT2D eigenvalue weighted by atomic mass is 127. The van der Waals surface area contributed by atoms with Crippen LogP contribution in [0.4, 0.5) is 0 Å². The summed E-state index contributed by atoms with van der Waals surface area (Å²) in [6.45, 7) is 7.82. The molecule has 0 fully saturated rings. The fourth-order valence-electron chi connectivity index (χ4n) is 3.00. The lowest BCUT2D eigenvalue weighted by molar-refractivity contribution is 0.681. The first-order valence-corrected chi connectivity index (χ1v) is 9.08. The van der Waals surface area contributed by atoms with Gasteiger partial charge in [-0.1, -0.05) is 30.3 Å². The van der Waals surface area contributed by atoms with Gasteiger partial charge >= 0.3 is 0 Å². The van der Waals surface area contributed by atoms with Crippen molar-refractivity contribution in [1.29, 1.82) is 0 Å². The molecule has 0 saturated heterocycles. The van der Waals surface area contributed by atoms with Gasteiger partial charge in [-0.2, -0.15) is 0 Å². The zero-order chi connectivity index (χ0) is 18.4. The number of rotatable bonds is 6. The summed E-state index contributed by atoms with van der Waals surface area (Å²) in [4.78, 5) is 4.70. The highest BCUT2D eigenvalue weighted by molar-refractivity contribution is 14.0. The van der Waals surface area contributed by atoms with Crippen molar-refractivity contribution in [2.75, 3.05) is 13.1 Å². The Hall–Kier alpha value is -2.16. The molecule has 7 heteroatoms. The summed E-state index contributed by atoms with van der Waals surface area (Å²) in [5.41, 5.74) is 3.42. The van der Waals surface area contributed by atoms with Crippen LogP contribution in [0.2, 0.25) is 0 Å². The third kappa shape index (κ3) is 5.41. The molecule has 3 rings (SSSR count). The molecule has 1 atom stereocenters. The molecule has 0 aliphatic heterocycles. The van der Waals surface area contributed by atoms with Gasteiger partial charge in [0.15, 0.2) is 11.6 Å². The Morgan fingerprint density at radius 3 is 2.70 bits per heavy atom. The number of hydrogen-bond donors (Lipinski definition) is 2. The maximum atomic E-state index is 4.70. The summed E-state index contributed by atoms with van der Waals surface area (Å²) in [6.07, 6.45) is 2.72. The Morgan fingerprint density at radius 2 is 1.93 bits per heavy atom. The van der Waals surface area contributed by atoms with E-state index in [2.05, 4.69) is 65.9 Å². The van der Waals surface area contributed by atoms with Crippen molar-refractivity contribution in [3.8, 4) is 0 Å². The zero-order valence-corrected chi connectivity index (χ0v) is 18.3. The second-order valence-corrected chi connectivity index (χ2v) is 6.28. The number of halogens is 1. The van der Waals surface area contributed by atoms with Crippen LogP contribution in [-0.4, -0.2) is 33.6 Å². The molecule has 0 spiro atoms. The molecule has 3 aromatic rings. The van der Waals surface area contributed by atoms with E-state index in [1.807, 2.05) is 28.8 Å². The molecule has 0 saturated carbocycles. The van der Waals surface area contributed by atoms with Gasteiger partial charge in [-0.15, -0.1) is 34.2 Å². The lowest BCUT2D eigenvalue weighted by atomic mass is 10.0. The summed E-state index contributed by atoms with van der Waals surface area (Å²) in [6, 6.07) is 14.5. The van der Waals surface area contributed by atoms with Gasteiger partial charge < -0.3 is 10.6 Å². The fraction of sp³-hybridized carbons (Fsp3) is 0.350. The molecule has 2 aromatic heterocycles. The quantitative estimate of drug-likeness (QED) is 0.323. The van der Waals surface area contributed by atoms with Gasteiger partial charge in [0, 0.05) is 25.7 Å². The number of nitrogens with zero attached hydrogens (tertiary/aromatic N) is 4. The van der Waals surface area contributed by atoms with E-state index in [-0.39, 0.29) is 30.0 Å². The highest BCUT2D eigenvalue weighted by Crippen LogP contribution is 2.16. The molecular weight excluding hydrogens is 451 g/mol. The van der Waals surface area contributed by atoms with Gasteiger partial charge in [-0.05, 0) is 44.0 Å². The number of benzene rings is 1. The molecule has 144 valence electrons. The standard InChI is InChI=1S/C20H26N6.HI/c1-4-21-20(23-16(3)17-10-6-5-9-15(17)2)22-13-12-19-25-24-18-11-7-8-14-26(18)19;/h5-11,14,16H,4,12-13H2,1-3H3,(H2,21,22,23);1H. The number of hydrogen-bond acceptors (Lipinski definition) is 3. The van der Waals surface area contributed by atoms with E-state index >= 15 is 0 Å². The van der Waals surface area contributed by atoms with E-state index in [0.29, 0.717) is 6.54 Å². The van der Waals surface area contributed by atoms with Crippen LogP contribution in [0.15, 0.2) is 53.7 Å². The van der Waals surface area contributed by atoms with E-state index < -0.39 is 0 Å². The van der Waals surface area contributed by atoms with Crippen molar-refractivity contribution in [2.24, 2.45) is 4.99 Å². The smallest absolute Gasteiger partial charge is 0.191 e. The Morgan fingerprint density at radius 1 is 1.15 bits per heavy atom. The third-order valence-electron chi connectivity index (χ3n) is 4.34. The Labute approximate surface area is 177 Å². The second-order valence-electron chi connectivity index (χ2n) is 6.28. The molecule has 0 aliphatic carbocycles. The minimum absolute atomic E-state index is 0. The van der Waals surface area contributed by atoms with Crippen molar-refractivity contribution in [3.05, 3.63) is 65.6 Å². The van der Waals surface area contributed by atoms with Gasteiger partial charge in [0.05, 0.1) is 6.04 Å². The maximum Gasteiger partial charge on any atom is 0.191 e. The minimum atomic E-state index is 0. The van der Waals surface area contributed by atoms with Crippen molar-refractivity contribution in [1.82, 2.24) is 25.2 Å². The van der Waals surface area contributed by atoms with E-state index in [1.165, 1.54) is 11.1 Å². The predicted molar refractivity (Wildman–Crippen MR) is 121 cm³/mol. The first-order chi connectivity index (χ1) is 12.7. The number of aliphatic imine (C=N–C) groups is 1. The van der Waals surface area contributed by atoms with Crippen LogP contribution in [0.5, 0.6) is 0 Å². The summed E-state index contributed by atoms with van der Waals surface area (Å²) >= 11 is 0. The van der Waals surface area contributed by atoms with Crippen LogP contribution in [0.25, 0.3) is 5.65 Å². The fourth-order valence-corrected chi connectivity index (χ4v) is 3.00. The molecule has 27 heavy (non-hydrogen) atoms. The molecule has 1 unspecified atom stereocenters. The van der Waals surface area contributed by atoms with Crippen molar-refractivity contribution < 1.29 is 0 Å². The van der Waals surface area contributed by atoms with E-state index in [4.69, 9.17) is 4.99 Å². The van der Waals surface area contributed by atoms with Crippen molar-refractivity contribution in [2.45, 2.75) is 33.2 Å². The van der Waals surface area contributed by atoms with E-state index in [9.17, 15) is 0 Å². The number of fused-ring (bicyclic) bond motifs is 1. The Kier molecular flexibility index (Phi) is 8.02. The molecule has 0 aliphatic rings.